The molecule has 0 bridgehead atoms. The van der Waals surface area contributed by atoms with Gasteiger partial charge < -0.3 is 0 Å². The van der Waals surface area contributed by atoms with Crippen LogP contribution in [0.5, 0.6) is 0 Å². The van der Waals surface area contributed by atoms with Crippen LogP contribution in [0.1, 0.15) is 24.8 Å². The molecule has 0 aromatic heterocycles. The maximum atomic E-state index is 11.1. The van der Waals surface area contributed by atoms with Crippen molar-refractivity contribution >= 4 is 5.78 Å². The van der Waals surface area contributed by atoms with Crippen LogP contribution >= 0.6 is 0 Å². The lowest BCUT2D eigenvalue weighted by Gasteiger charge is -1.97. The fraction of sp³-hybridized carbons (Fsp3) is 0.438. The van der Waals surface area contributed by atoms with Crippen LogP contribution in [-0.4, -0.2) is 5.78 Å². The second-order valence-corrected chi connectivity index (χ2v) is 5.30. The van der Waals surface area contributed by atoms with Gasteiger partial charge in [0.05, 0.1) is 0 Å². The first kappa shape index (κ1) is 10.8. The van der Waals surface area contributed by atoms with Crippen LogP contribution < -0.4 is 0 Å². The standard InChI is InChI=1S/C16H18O/c17-13-10-15-14(16(15)11-13)9-5-4-8-12-6-2-1-3-7-12/h1-3,5-7,9,14-16H,4,8,10-11H2. The van der Waals surface area contributed by atoms with Gasteiger partial charge in [-0.2, -0.15) is 0 Å². The molecule has 17 heavy (non-hydrogen) atoms. The Labute approximate surface area is 103 Å². The minimum atomic E-state index is 0.480. The van der Waals surface area contributed by atoms with Crippen LogP contribution in [0.15, 0.2) is 42.5 Å². The summed E-state index contributed by atoms with van der Waals surface area (Å²) in [5, 5.41) is 0. The van der Waals surface area contributed by atoms with Gasteiger partial charge in [0.2, 0.25) is 0 Å². The SMILES string of the molecule is O=C1CC2C(C=CCCc3ccccc3)C2C1. The molecule has 0 heterocycles. The maximum absolute atomic E-state index is 11.1. The number of rotatable bonds is 4. The average Bonchev–Trinajstić information content (AvgIpc) is 2.81. The summed E-state index contributed by atoms with van der Waals surface area (Å²) in [7, 11) is 0. The Balaban J connectivity index is 1.43. The molecule has 2 fully saturated rings. The first-order valence-electron chi connectivity index (χ1n) is 6.57. The molecule has 3 rings (SSSR count). The van der Waals surface area contributed by atoms with E-state index in [2.05, 4.69) is 42.5 Å². The van der Waals surface area contributed by atoms with Crippen LogP contribution in [0.4, 0.5) is 0 Å². The minimum Gasteiger partial charge on any atom is -0.300 e. The van der Waals surface area contributed by atoms with Crippen molar-refractivity contribution in [3.05, 3.63) is 48.0 Å². The summed E-state index contributed by atoms with van der Waals surface area (Å²) in [4.78, 5) is 11.1. The van der Waals surface area contributed by atoms with E-state index in [0.29, 0.717) is 17.6 Å². The highest BCUT2D eigenvalue weighted by molar-refractivity contribution is 5.83. The molecular formula is C16H18O. The fourth-order valence-corrected chi connectivity index (χ4v) is 3.09. The van der Waals surface area contributed by atoms with Gasteiger partial charge in [-0.05, 0) is 36.2 Å². The molecule has 1 aromatic carbocycles. The van der Waals surface area contributed by atoms with Crippen LogP contribution in [0.2, 0.25) is 0 Å². The molecule has 0 aliphatic heterocycles. The summed E-state index contributed by atoms with van der Waals surface area (Å²) < 4.78 is 0. The van der Waals surface area contributed by atoms with E-state index >= 15 is 0 Å². The van der Waals surface area contributed by atoms with Crippen molar-refractivity contribution in [1.82, 2.24) is 0 Å². The molecule has 2 aliphatic rings. The first-order valence-corrected chi connectivity index (χ1v) is 6.57. The Morgan fingerprint density at radius 2 is 1.82 bits per heavy atom. The molecule has 0 radical (unpaired) electrons. The van der Waals surface area contributed by atoms with Gasteiger partial charge in [0.15, 0.2) is 0 Å². The molecule has 0 spiro atoms. The van der Waals surface area contributed by atoms with E-state index in [1.807, 2.05) is 0 Å². The number of benzene rings is 1. The van der Waals surface area contributed by atoms with Gasteiger partial charge in [0, 0.05) is 12.8 Å². The summed E-state index contributed by atoms with van der Waals surface area (Å²) in [5.41, 5.74) is 1.41. The lowest BCUT2D eigenvalue weighted by molar-refractivity contribution is -0.118. The molecule has 1 aromatic rings. The van der Waals surface area contributed by atoms with E-state index in [-0.39, 0.29) is 0 Å². The van der Waals surface area contributed by atoms with Gasteiger partial charge in [-0.3, -0.25) is 4.79 Å². The molecule has 2 unspecified atom stereocenters. The highest BCUT2D eigenvalue weighted by Crippen LogP contribution is 2.56. The summed E-state index contributed by atoms with van der Waals surface area (Å²) in [6.07, 6.45) is 8.59. The predicted molar refractivity (Wildman–Crippen MR) is 68.6 cm³/mol. The number of allylic oxidation sites excluding steroid dienone is 2. The Bertz CT molecular complexity index is 418. The number of aryl methyl sites for hydroxylation is 1. The van der Waals surface area contributed by atoms with Crippen LogP contribution in [0.3, 0.4) is 0 Å². The van der Waals surface area contributed by atoms with Crippen molar-refractivity contribution in [2.45, 2.75) is 25.7 Å². The molecule has 88 valence electrons. The van der Waals surface area contributed by atoms with E-state index in [9.17, 15) is 4.79 Å². The monoisotopic (exact) mass is 226 g/mol. The van der Waals surface area contributed by atoms with E-state index in [1.165, 1.54) is 5.56 Å². The quantitative estimate of drug-likeness (QED) is 0.719. The second-order valence-electron chi connectivity index (χ2n) is 5.30. The summed E-state index contributed by atoms with van der Waals surface area (Å²) in [6.45, 7) is 0. The number of fused-ring (bicyclic) bond motifs is 1. The predicted octanol–water partition coefficient (Wildman–Crippen LogP) is 3.40. The van der Waals surface area contributed by atoms with Crippen molar-refractivity contribution in [2.24, 2.45) is 17.8 Å². The Hall–Kier alpha value is -1.37. The summed E-state index contributed by atoms with van der Waals surface area (Å²) >= 11 is 0. The molecule has 0 amide bonds. The topological polar surface area (TPSA) is 17.1 Å². The molecule has 0 N–H and O–H groups in total. The van der Waals surface area contributed by atoms with Crippen LogP contribution in [0, 0.1) is 17.8 Å². The van der Waals surface area contributed by atoms with Gasteiger partial charge in [0.25, 0.3) is 0 Å². The van der Waals surface area contributed by atoms with Gasteiger partial charge in [-0.15, -0.1) is 0 Å². The van der Waals surface area contributed by atoms with Gasteiger partial charge in [-0.25, -0.2) is 0 Å². The van der Waals surface area contributed by atoms with Crippen molar-refractivity contribution < 1.29 is 4.79 Å². The highest BCUT2D eigenvalue weighted by Gasteiger charge is 2.54. The van der Waals surface area contributed by atoms with Crippen molar-refractivity contribution in [3.63, 3.8) is 0 Å². The number of carbonyl (C=O) groups excluding carboxylic acids is 1. The molecule has 2 aliphatic carbocycles. The van der Waals surface area contributed by atoms with Gasteiger partial charge in [-0.1, -0.05) is 42.5 Å². The van der Waals surface area contributed by atoms with Crippen molar-refractivity contribution in [3.8, 4) is 0 Å². The third-order valence-corrected chi connectivity index (χ3v) is 4.13. The smallest absolute Gasteiger partial charge is 0.133 e. The average molecular weight is 226 g/mol. The molecule has 2 atom stereocenters. The van der Waals surface area contributed by atoms with Gasteiger partial charge in [0.1, 0.15) is 5.78 Å². The summed E-state index contributed by atoms with van der Waals surface area (Å²) in [5.74, 6) is 2.61. The van der Waals surface area contributed by atoms with Gasteiger partial charge >= 0.3 is 0 Å². The van der Waals surface area contributed by atoms with Crippen molar-refractivity contribution in [2.75, 3.05) is 0 Å². The third kappa shape index (κ3) is 2.33. The summed E-state index contributed by atoms with van der Waals surface area (Å²) in [6, 6.07) is 10.6. The van der Waals surface area contributed by atoms with E-state index in [0.717, 1.165) is 31.6 Å². The zero-order valence-corrected chi connectivity index (χ0v) is 10.0. The Morgan fingerprint density at radius 3 is 2.53 bits per heavy atom. The van der Waals surface area contributed by atoms with Crippen molar-refractivity contribution in [1.29, 1.82) is 0 Å². The molecule has 1 nitrogen and oxygen atoms in total. The fourth-order valence-electron chi connectivity index (χ4n) is 3.09. The largest absolute Gasteiger partial charge is 0.300 e. The van der Waals surface area contributed by atoms with Crippen LogP contribution in [0.25, 0.3) is 0 Å². The number of hydrogen-bond donors (Lipinski definition) is 0. The Kier molecular flexibility index (Phi) is 2.84. The zero-order valence-electron chi connectivity index (χ0n) is 10.0. The number of Topliss-reactive ketones (excluding diaryl/α,β-unsaturated/α-hetero) is 1. The molecule has 2 saturated carbocycles. The first-order chi connectivity index (χ1) is 8.34. The van der Waals surface area contributed by atoms with E-state index < -0.39 is 0 Å². The van der Waals surface area contributed by atoms with E-state index in [1.54, 1.807) is 0 Å². The molecule has 0 saturated heterocycles. The highest BCUT2D eigenvalue weighted by atomic mass is 16.1. The normalized spacial score (nSPS) is 30.8. The number of ketones is 1. The molecule has 1 heteroatoms. The Morgan fingerprint density at radius 1 is 1.12 bits per heavy atom. The number of hydrogen-bond acceptors (Lipinski definition) is 1. The van der Waals surface area contributed by atoms with Crippen LogP contribution in [-0.2, 0) is 11.2 Å². The zero-order chi connectivity index (χ0) is 11.7. The lowest BCUT2D eigenvalue weighted by atomic mass is 10.1. The maximum Gasteiger partial charge on any atom is 0.133 e. The second kappa shape index (κ2) is 4.48. The minimum absolute atomic E-state index is 0.480. The number of carbonyl (C=O) groups is 1. The van der Waals surface area contributed by atoms with E-state index in [4.69, 9.17) is 0 Å². The lowest BCUT2D eigenvalue weighted by Crippen LogP contribution is -1.95. The third-order valence-electron chi connectivity index (χ3n) is 4.13. The molecular weight excluding hydrogens is 208 g/mol.